The van der Waals surface area contributed by atoms with Crippen molar-refractivity contribution in [1.82, 2.24) is 0 Å². The van der Waals surface area contributed by atoms with Crippen molar-refractivity contribution in [2.24, 2.45) is 0 Å². The molecule has 4 heteroatoms. The van der Waals surface area contributed by atoms with Crippen molar-refractivity contribution in [3.63, 3.8) is 0 Å². The molecule has 0 saturated carbocycles. The van der Waals surface area contributed by atoms with Crippen LogP contribution in [0.25, 0.3) is 0 Å². The molecule has 1 N–H and O–H groups in total. The summed E-state index contributed by atoms with van der Waals surface area (Å²) >= 11 is 2.00. The fourth-order valence-corrected chi connectivity index (χ4v) is 2.94. The number of aliphatic hydroxyl groups excluding tert-OH is 1. The Bertz CT molecular complexity index is 401. The van der Waals surface area contributed by atoms with Gasteiger partial charge >= 0.3 is 0 Å². The SMILES string of the molecule is C=CCC(O)/C(I)=C\S(=O)c1ccccc1. The maximum Gasteiger partial charge on any atom is 0.0886 e. The highest BCUT2D eigenvalue weighted by molar-refractivity contribution is 14.1. The average Bonchev–Trinajstić information content (AvgIpc) is 2.30. The lowest BCUT2D eigenvalue weighted by Gasteiger charge is -2.06. The average molecular weight is 348 g/mol. The van der Waals surface area contributed by atoms with Crippen LogP contribution in [-0.2, 0) is 10.8 Å². The van der Waals surface area contributed by atoms with E-state index in [9.17, 15) is 9.32 Å². The quantitative estimate of drug-likeness (QED) is 0.656. The first-order valence-electron chi connectivity index (χ1n) is 4.77. The van der Waals surface area contributed by atoms with Gasteiger partial charge in [0.1, 0.15) is 0 Å². The van der Waals surface area contributed by atoms with Crippen molar-refractivity contribution in [3.05, 3.63) is 52.0 Å². The molecule has 0 radical (unpaired) electrons. The molecule has 0 aromatic heterocycles. The maximum atomic E-state index is 11.9. The van der Waals surface area contributed by atoms with Crippen LogP contribution in [0.15, 0.2) is 56.9 Å². The molecule has 16 heavy (non-hydrogen) atoms. The molecule has 1 aromatic rings. The van der Waals surface area contributed by atoms with Gasteiger partial charge in [0.15, 0.2) is 0 Å². The Morgan fingerprint density at radius 1 is 1.50 bits per heavy atom. The van der Waals surface area contributed by atoms with E-state index in [0.717, 1.165) is 4.90 Å². The summed E-state index contributed by atoms with van der Waals surface area (Å²) in [4.78, 5) is 0.738. The third-order valence-corrected chi connectivity index (χ3v) is 4.56. The molecule has 0 aliphatic rings. The number of hydrogen-bond acceptors (Lipinski definition) is 2. The molecule has 0 amide bonds. The van der Waals surface area contributed by atoms with E-state index in [1.54, 1.807) is 23.6 Å². The Hall–Kier alpha value is -0.460. The summed E-state index contributed by atoms with van der Waals surface area (Å²) in [6, 6.07) is 9.16. The zero-order valence-corrected chi connectivity index (χ0v) is 11.6. The van der Waals surface area contributed by atoms with Crippen molar-refractivity contribution in [2.45, 2.75) is 17.4 Å². The smallest absolute Gasteiger partial charge is 0.0886 e. The van der Waals surface area contributed by atoms with Gasteiger partial charge in [-0.05, 0) is 41.1 Å². The molecule has 2 unspecified atom stereocenters. The zero-order chi connectivity index (χ0) is 12.0. The van der Waals surface area contributed by atoms with Crippen LogP contribution in [0.5, 0.6) is 0 Å². The number of aliphatic hydroxyl groups is 1. The van der Waals surface area contributed by atoms with E-state index in [1.807, 2.05) is 40.8 Å². The molecular formula is C12H13IO2S. The van der Waals surface area contributed by atoms with Gasteiger partial charge in [-0.25, -0.2) is 4.21 Å². The summed E-state index contributed by atoms with van der Waals surface area (Å²) in [5.74, 6) is 0. The van der Waals surface area contributed by atoms with Crippen molar-refractivity contribution < 1.29 is 9.32 Å². The number of halogens is 1. The first kappa shape index (κ1) is 13.6. The minimum absolute atomic E-state index is 0.473. The summed E-state index contributed by atoms with van der Waals surface area (Å²) < 4.78 is 12.5. The third kappa shape index (κ3) is 4.19. The van der Waals surface area contributed by atoms with Crippen molar-refractivity contribution >= 4 is 33.4 Å². The highest BCUT2D eigenvalue weighted by Crippen LogP contribution is 2.18. The summed E-state index contributed by atoms with van der Waals surface area (Å²) in [5, 5.41) is 11.2. The predicted molar refractivity (Wildman–Crippen MR) is 75.8 cm³/mol. The van der Waals surface area contributed by atoms with E-state index in [0.29, 0.717) is 10.0 Å². The normalized spacial score (nSPS) is 15.5. The molecule has 0 aliphatic carbocycles. The second-order valence-electron chi connectivity index (χ2n) is 3.15. The molecule has 2 nitrogen and oxygen atoms in total. The molecule has 2 atom stereocenters. The van der Waals surface area contributed by atoms with E-state index in [4.69, 9.17) is 0 Å². The predicted octanol–water partition coefficient (Wildman–Crippen LogP) is 3.01. The van der Waals surface area contributed by atoms with Gasteiger partial charge in [-0.3, -0.25) is 0 Å². The number of rotatable bonds is 5. The monoisotopic (exact) mass is 348 g/mol. The van der Waals surface area contributed by atoms with Gasteiger partial charge in [-0.15, -0.1) is 6.58 Å². The molecular weight excluding hydrogens is 335 g/mol. The summed E-state index contributed by atoms with van der Waals surface area (Å²) in [5.41, 5.74) is 0. The lowest BCUT2D eigenvalue weighted by atomic mass is 10.2. The van der Waals surface area contributed by atoms with Gasteiger partial charge in [0.2, 0.25) is 0 Å². The van der Waals surface area contributed by atoms with Gasteiger partial charge in [0.25, 0.3) is 0 Å². The standard InChI is InChI=1S/C12H13IO2S/c1-2-6-12(14)11(13)9-16(15)10-7-4-3-5-8-10/h2-5,7-9,12,14H,1,6H2/b11-9+. The first-order valence-corrected chi connectivity index (χ1v) is 7.06. The lowest BCUT2D eigenvalue weighted by molar-refractivity contribution is 0.225. The van der Waals surface area contributed by atoms with Crippen LogP contribution in [-0.4, -0.2) is 15.4 Å². The van der Waals surface area contributed by atoms with Gasteiger partial charge in [-0.1, -0.05) is 24.3 Å². The summed E-state index contributed by atoms with van der Waals surface area (Å²) in [7, 11) is -1.20. The van der Waals surface area contributed by atoms with Gasteiger partial charge in [0, 0.05) is 13.9 Å². The molecule has 1 rings (SSSR count). The third-order valence-electron chi connectivity index (χ3n) is 1.90. The minimum atomic E-state index is -1.20. The molecule has 0 bridgehead atoms. The van der Waals surface area contributed by atoms with Crippen LogP contribution in [0.1, 0.15) is 6.42 Å². The number of benzene rings is 1. The fourth-order valence-electron chi connectivity index (χ4n) is 1.07. The Morgan fingerprint density at radius 2 is 2.12 bits per heavy atom. The second kappa shape index (κ2) is 6.98. The van der Waals surface area contributed by atoms with Crippen LogP contribution in [0.4, 0.5) is 0 Å². The minimum Gasteiger partial charge on any atom is -0.388 e. The second-order valence-corrected chi connectivity index (χ2v) is 5.70. The van der Waals surface area contributed by atoms with Crippen LogP contribution in [0.2, 0.25) is 0 Å². The maximum absolute atomic E-state index is 11.9. The van der Waals surface area contributed by atoms with Crippen LogP contribution < -0.4 is 0 Å². The fraction of sp³-hybridized carbons (Fsp3) is 0.167. The molecule has 0 fully saturated rings. The zero-order valence-electron chi connectivity index (χ0n) is 8.67. The van der Waals surface area contributed by atoms with E-state index < -0.39 is 16.9 Å². The van der Waals surface area contributed by atoms with Crippen molar-refractivity contribution in [2.75, 3.05) is 0 Å². The van der Waals surface area contributed by atoms with Gasteiger partial charge in [0.05, 0.1) is 16.9 Å². The molecule has 0 aliphatic heterocycles. The topological polar surface area (TPSA) is 37.3 Å². The highest BCUT2D eigenvalue weighted by atomic mass is 127. The Kier molecular flexibility index (Phi) is 5.94. The lowest BCUT2D eigenvalue weighted by Crippen LogP contribution is -2.05. The molecule has 1 aromatic carbocycles. The van der Waals surface area contributed by atoms with Crippen molar-refractivity contribution in [3.8, 4) is 0 Å². The van der Waals surface area contributed by atoms with Crippen LogP contribution >= 0.6 is 22.6 Å². The summed E-state index contributed by atoms with van der Waals surface area (Å²) in [6.07, 6.45) is 1.51. The van der Waals surface area contributed by atoms with Gasteiger partial charge in [-0.2, -0.15) is 0 Å². The van der Waals surface area contributed by atoms with Gasteiger partial charge < -0.3 is 5.11 Å². The highest BCUT2D eigenvalue weighted by Gasteiger charge is 2.08. The molecule has 86 valence electrons. The Morgan fingerprint density at radius 3 is 2.69 bits per heavy atom. The van der Waals surface area contributed by atoms with E-state index in [2.05, 4.69) is 6.58 Å². The van der Waals surface area contributed by atoms with Crippen LogP contribution in [0, 0.1) is 0 Å². The Balaban J connectivity index is 2.77. The molecule has 0 saturated heterocycles. The van der Waals surface area contributed by atoms with Crippen LogP contribution in [0.3, 0.4) is 0 Å². The molecule has 0 spiro atoms. The first-order chi connectivity index (χ1) is 7.65. The van der Waals surface area contributed by atoms with E-state index in [-0.39, 0.29) is 0 Å². The van der Waals surface area contributed by atoms with E-state index in [1.165, 1.54) is 0 Å². The largest absolute Gasteiger partial charge is 0.388 e. The van der Waals surface area contributed by atoms with E-state index >= 15 is 0 Å². The molecule has 0 heterocycles. The number of hydrogen-bond donors (Lipinski definition) is 1. The van der Waals surface area contributed by atoms with Crippen molar-refractivity contribution in [1.29, 1.82) is 0 Å². The Labute approximate surface area is 112 Å². The summed E-state index contributed by atoms with van der Waals surface area (Å²) in [6.45, 7) is 3.55.